The van der Waals surface area contributed by atoms with Crippen molar-refractivity contribution in [3.05, 3.63) is 36.4 Å². The fourth-order valence-corrected chi connectivity index (χ4v) is 1.93. The smallest absolute Gasteiger partial charge is 0.323 e. The number of hydrogen-bond donors (Lipinski definition) is 2. The first-order chi connectivity index (χ1) is 13.0. The zero-order chi connectivity index (χ0) is 22.3. The number of amides is 1. The van der Waals surface area contributed by atoms with Crippen LogP contribution in [0.25, 0.3) is 5.57 Å². The van der Waals surface area contributed by atoms with Gasteiger partial charge in [-0.1, -0.05) is 38.6 Å². The van der Waals surface area contributed by atoms with E-state index in [0.29, 0.717) is 12.0 Å². The number of hydrogen-bond acceptors (Lipinski definition) is 5. The zero-order valence-corrected chi connectivity index (χ0v) is 20.6. The predicted molar refractivity (Wildman–Crippen MR) is 113 cm³/mol. The standard InChI is InChI=1S/C14H17N2O3.C5H10O2.C2H6.Fm/c1-10(8-12(14(18)19)15-9-17)11-6-4-5-7-13(11)16(2)3;1-5(2,3)7-4-6;1-2;/h4-7,12H,1,8H2,2-3H3,(H,15,17)(H,18,19);4H,1-3H3;1-2H3;/q-1;;;. The number of nitrogens with one attached hydrogen (secondary N) is 1. The molecule has 0 spiro atoms. The molecule has 1 rings (SSSR count). The summed E-state index contributed by atoms with van der Waals surface area (Å²) in [6.45, 7) is 13.8. The van der Waals surface area contributed by atoms with Crippen LogP contribution in [0.4, 0.5) is 5.69 Å². The van der Waals surface area contributed by atoms with Crippen LogP contribution in [0.1, 0.15) is 46.6 Å². The van der Waals surface area contributed by atoms with Crippen LogP contribution in [-0.4, -0.2) is 49.7 Å². The number of carboxylic acid groups (broad SMARTS) is 1. The van der Waals surface area contributed by atoms with Crippen LogP contribution in [0.15, 0.2) is 30.8 Å². The Morgan fingerprint density at radius 2 is 1.83 bits per heavy atom. The van der Waals surface area contributed by atoms with Gasteiger partial charge in [0, 0.05) is 31.8 Å². The molecule has 2 N–H and O–H groups in total. The van der Waals surface area contributed by atoms with Crippen LogP contribution in [0.2, 0.25) is 0 Å². The molecule has 1 amide bonds. The number of anilines is 1. The molecule has 0 bridgehead atoms. The average molecular weight is 651 g/mol. The van der Waals surface area contributed by atoms with Crippen LogP contribution < -0.4 is 10.2 Å². The number of benzene rings is 1. The van der Waals surface area contributed by atoms with Gasteiger partial charge in [-0.05, 0) is 32.4 Å². The van der Waals surface area contributed by atoms with Crippen molar-refractivity contribution in [1.29, 1.82) is 0 Å². The summed E-state index contributed by atoms with van der Waals surface area (Å²) in [7, 11) is 3.80. The molecule has 7 nitrogen and oxygen atoms in total. The van der Waals surface area contributed by atoms with E-state index in [9.17, 15) is 14.4 Å². The summed E-state index contributed by atoms with van der Waals surface area (Å²) in [6, 6.07) is 6.55. The maximum Gasteiger partial charge on any atom is 0.323 e. The molecule has 0 aliphatic rings. The SMILES string of the molecule is C=C(CC(N[C-]=O)C(=O)O)c1ccccc1N(C)C.CC.CC(C)(C)OC=O.[Fm]. The minimum Gasteiger partial charge on any atom is -0.520 e. The molecule has 29 heavy (non-hydrogen) atoms. The van der Waals surface area contributed by atoms with E-state index < -0.39 is 12.0 Å². The minimum absolute atomic E-state index is 0. The largest absolute Gasteiger partial charge is 0.520 e. The maximum absolute atomic E-state index is 11.0. The fraction of sp³-hybridized carbons (Fsp3) is 0.476. The molecule has 8 heteroatoms. The molecule has 0 fully saturated rings. The van der Waals surface area contributed by atoms with E-state index in [2.05, 4.69) is 16.6 Å². The first kappa shape index (κ1) is 29.9. The van der Waals surface area contributed by atoms with Crippen molar-refractivity contribution < 1.29 is 24.2 Å². The second kappa shape index (κ2) is 15.2. The molecule has 0 saturated heterocycles. The number of nitrogens with zero attached hydrogens (tertiary/aromatic N) is 1. The molecule has 0 aliphatic heterocycles. The fourth-order valence-electron chi connectivity index (χ4n) is 1.93. The molecule has 1 atom stereocenters. The number of rotatable bonds is 8. The average Bonchev–Trinajstić information content (AvgIpc) is 2.62. The minimum atomic E-state index is -1.10. The monoisotopic (exact) mass is 650 g/mol. The predicted octanol–water partition coefficient (Wildman–Crippen LogP) is 3.25. The number of aliphatic carboxylic acids is 1. The van der Waals surface area contributed by atoms with Crippen molar-refractivity contribution in [2.45, 2.75) is 52.7 Å². The van der Waals surface area contributed by atoms with E-state index in [1.807, 2.05) is 77.9 Å². The van der Waals surface area contributed by atoms with Crippen LogP contribution in [0.5, 0.6) is 0 Å². The Morgan fingerprint density at radius 3 is 2.17 bits per heavy atom. The van der Waals surface area contributed by atoms with E-state index in [1.165, 1.54) is 6.41 Å². The topological polar surface area (TPSA) is 95.9 Å². The van der Waals surface area contributed by atoms with Gasteiger partial charge in [0.2, 0.25) is 0 Å². The molecule has 0 saturated carbocycles. The van der Waals surface area contributed by atoms with Crippen molar-refractivity contribution in [3.63, 3.8) is 0 Å². The molecule has 0 radical (unpaired) electrons. The molecule has 1 unspecified atom stereocenters. The maximum atomic E-state index is 11.0. The first-order valence-corrected chi connectivity index (χ1v) is 8.95. The third kappa shape index (κ3) is 13.1. The quantitative estimate of drug-likeness (QED) is 0.255. The Balaban J connectivity index is -0.000000575. The molecule has 1 aromatic carbocycles. The normalized spacial score (nSPS) is 10.3. The van der Waals surface area contributed by atoms with Crippen molar-refractivity contribution >= 4 is 30.1 Å². The molecule has 170 valence electrons. The van der Waals surface area contributed by atoms with Crippen LogP contribution in [-0.2, 0) is 19.1 Å². The summed E-state index contributed by atoms with van der Waals surface area (Å²) >= 11 is 0. The molecule has 0 heterocycles. The van der Waals surface area contributed by atoms with Crippen LogP contribution in [0, 0.1) is 0 Å². The number of ether oxygens (including phenoxy) is 1. The Morgan fingerprint density at radius 1 is 1.31 bits per heavy atom. The van der Waals surface area contributed by atoms with Crippen molar-refractivity contribution in [3.8, 4) is 0 Å². The van der Waals surface area contributed by atoms with Crippen molar-refractivity contribution in [1.82, 2.24) is 5.32 Å². The summed E-state index contributed by atoms with van der Waals surface area (Å²) < 4.78 is 4.55. The van der Waals surface area contributed by atoms with E-state index in [1.54, 1.807) is 0 Å². The molecular formula is C21H33FmN2O5-. The van der Waals surface area contributed by atoms with Crippen molar-refractivity contribution in [2.75, 3.05) is 19.0 Å². The van der Waals surface area contributed by atoms with E-state index in [4.69, 9.17) is 5.11 Å². The molecule has 1 aromatic rings. The van der Waals surface area contributed by atoms with Gasteiger partial charge >= 0.3 is 5.97 Å². The first-order valence-electron chi connectivity index (χ1n) is 8.95. The Hall–Kier alpha value is -3.83. The van der Waals surface area contributed by atoms with E-state index in [-0.39, 0.29) is 12.0 Å². The third-order valence-corrected chi connectivity index (χ3v) is 3.15. The van der Waals surface area contributed by atoms with Crippen LogP contribution >= 0.6 is 0 Å². The Kier molecular flexibility index (Phi) is 15.7. The third-order valence-electron chi connectivity index (χ3n) is 3.15. The number of carboxylic acids is 1. The van der Waals surface area contributed by atoms with Gasteiger partial charge in [-0.25, -0.2) is 0 Å². The summed E-state index contributed by atoms with van der Waals surface area (Å²) in [5.41, 5.74) is 2.15. The van der Waals surface area contributed by atoms with Gasteiger partial charge in [-0.2, -0.15) is 6.41 Å². The molecule has 0 aromatic heterocycles. The second-order valence-corrected chi connectivity index (χ2v) is 6.68. The van der Waals surface area contributed by atoms with E-state index >= 15 is 0 Å². The van der Waals surface area contributed by atoms with Gasteiger partial charge in [0.25, 0.3) is 6.47 Å². The van der Waals surface area contributed by atoms with Crippen molar-refractivity contribution in [2.24, 2.45) is 0 Å². The van der Waals surface area contributed by atoms with Gasteiger partial charge in [0.05, 0.1) is 0 Å². The summed E-state index contributed by atoms with van der Waals surface area (Å²) in [6.07, 6.45) is 1.55. The summed E-state index contributed by atoms with van der Waals surface area (Å²) in [5, 5.41) is 11.1. The summed E-state index contributed by atoms with van der Waals surface area (Å²) in [5.74, 6) is -1.10. The van der Waals surface area contributed by atoms with Gasteiger partial charge in [-0.3, -0.25) is 9.59 Å². The summed E-state index contributed by atoms with van der Waals surface area (Å²) in [4.78, 5) is 32.8. The van der Waals surface area contributed by atoms with Gasteiger partial charge in [0.15, 0.2) is 0 Å². The number of para-hydroxylation sites is 1. The van der Waals surface area contributed by atoms with Gasteiger partial charge < -0.3 is 24.9 Å². The number of carbonyl (C=O) groups excluding carboxylic acids is 2. The van der Waals surface area contributed by atoms with Gasteiger partial charge in [0.1, 0.15) is 11.6 Å². The van der Waals surface area contributed by atoms with E-state index in [0.717, 1.165) is 11.3 Å². The zero-order valence-electron chi connectivity index (χ0n) is 18.2. The Bertz CT molecular complexity index is 628. The second-order valence-electron chi connectivity index (χ2n) is 6.68. The van der Waals surface area contributed by atoms with Gasteiger partial charge in [-0.15, -0.1) is 0 Å². The molecule has 0 aliphatic carbocycles. The number of carbonyl (C=O) groups is 2. The van der Waals surface area contributed by atoms with Crippen LogP contribution in [0.3, 0.4) is 0 Å². The Labute approximate surface area is 168 Å². The molecular weight excluding hydrogens is 617 g/mol.